The van der Waals surface area contributed by atoms with Crippen molar-refractivity contribution in [2.45, 2.75) is 12.5 Å². The Balaban J connectivity index is 1.62. The van der Waals surface area contributed by atoms with Crippen molar-refractivity contribution < 1.29 is 33.6 Å². The lowest BCUT2D eigenvalue weighted by molar-refractivity contribution is -0.136. The number of hydrogen-bond donors (Lipinski definition) is 3. The first kappa shape index (κ1) is 20.3. The van der Waals surface area contributed by atoms with Crippen LogP contribution in [0, 0.1) is 0 Å². The zero-order valence-corrected chi connectivity index (χ0v) is 16.3. The molecule has 1 aliphatic heterocycles. The lowest BCUT2D eigenvalue weighted by atomic mass is 9.95. The van der Waals surface area contributed by atoms with Crippen molar-refractivity contribution >= 4 is 17.5 Å². The van der Waals surface area contributed by atoms with Gasteiger partial charge in [-0.3, -0.25) is 9.59 Å². The van der Waals surface area contributed by atoms with Gasteiger partial charge in [0.25, 0.3) is 0 Å². The van der Waals surface area contributed by atoms with E-state index in [0.717, 1.165) is 0 Å². The van der Waals surface area contributed by atoms with Gasteiger partial charge in [0.1, 0.15) is 17.1 Å². The first-order valence-electron chi connectivity index (χ1n) is 8.78. The molecule has 0 aromatic heterocycles. The second-order valence-electron chi connectivity index (χ2n) is 6.54. The predicted octanol–water partition coefficient (Wildman–Crippen LogP) is 1.39. The highest BCUT2D eigenvalue weighted by atomic mass is 16.7. The number of anilines is 1. The molecule has 2 aromatic carbocycles. The van der Waals surface area contributed by atoms with Gasteiger partial charge in [-0.1, -0.05) is 6.07 Å². The number of hydrogen-bond acceptors (Lipinski definition) is 7. The number of ether oxygens (including phenoxy) is 4. The van der Waals surface area contributed by atoms with Crippen molar-refractivity contribution in [2.75, 3.05) is 32.9 Å². The molecule has 1 atom stereocenters. The Morgan fingerprint density at radius 2 is 1.83 bits per heavy atom. The zero-order valence-electron chi connectivity index (χ0n) is 16.3. The van der Waals surface area contributed by atoms with E-state index in [2.05, 4.69) is 10.6 Å². The standard InChI is InChI=1S/C20H22N2O7/c1-20(25,12-4-7-15-17(8-12)29-11-28-15)10-21-18(23)19(24)22-14-6-5-13(26-2)9-16(14)27-3/h4-9,25H,10-11H2,1-3H3,(H,21,23)(H,22,24). The molecule has 0 radical (unpaired) electrons. The van der Waals surface area contributed by atoms with Crippen LogP contribution in [-0.4, -0.2) is 44.5 Å². The minimum Gasteiger partial charge on any atom is -0.497 e. The Morgan fingerprint density at radius 1 is 1.07 bits per heavy atom. The highest BCUT2D eigenvalue weighted by Gasteiger charge is 2.28. The molecule has 0 aliphatic carbocycles. The van der Waals surface area contributed by atoms with Crippen molar-refractivity contribution in [1.82, 2.24) is 5.32 Å². The molecule has 0 fully saturated rings. The third-order valence-corrected chi connectivity index (χ3v) is 4.45. The molecule has 2 amide bonds. The molecule has 9 heteroatoms. The minimum atomic E-state index is -1.42. The minimum absolute atomic E-state index is 0.118. The summed E-state index contributed by atoms with van der Waals surface area (Å²) in [6.07, 6.45) is 0. The number of rotatable bonds is 6. The first-order valence-corrected chi connectivity index (χ1v) is 8.78. The number of amides is 2. The fourth-order valence-corrected chi connectivity index (χ4v) is 2.75. The van der Waals surface area contributed by atoms with Gasteiger partial charge in [-0.15, -0.1) is 0 Å². The third-order valence-electron chi connectivity index (χ3n) is 4.45. The SMILES string of the molecule is COc1ccc(NC(=O)C(=O)NCC(C)(O)c2ccc3c(c2)OCO3)c(OC)c1. The number of benzene rings is 2. The van der Waals surface area contributed by atoms with Crippen LogP contribution in [0.4, 0.5) is 5.69 Å². The molecule has 29 heavy (non-hydrogen) atoms. The van der Waals surface area contributed by atoms with Gasteiger partial charge in [0.05, 0.1) is 26.5 Å². The summed E-state index contributed by atoms with van der Waals surface area (Å²) in [5.41, 5.74) is -0.593. The van der Waals surface area contributed by atoms with Crippen LogP contribution in [-0.2, 0) is 15.2 Å². The van der Waals surface area contributed by atoms with E-state index in [4.69, 9.17) is 18.9 Å². The van der Waals surface area contributed by atoms with E-state index >= 15 is 0 Å². The van der Waals surface area contributed by atoms with Crippen LogP contribution >= 0.6 is 0 Å². The summed E-state index contributed by atoms with van der Waals surface area (Å²) in [6, 6.07) is 9.75. The lowest BCUT2D eigenvalue weighted by Crippen LogP contribution is -2.43. The van der Waals surface area contributed by atoms with E-state index in [1.165, 1.54) is 21.1 Å². The van der Waals surface area contributed by atoms with Gasteiger partial charge in [0, 0.05) is 6.07 Å². The Labute approximate surface area is 167 Å². The van der Waals surface area contributed by atoms with Gasteiger partial charge in [0.15, 0.2) is 11.5 Å². The van der Waals surface area contributed by atoms with Crippen LogP contribution in [0.5, 0.6) is 23.0 Å². The number of nitrogens with one attached hydrogen (secondary N) is 2. The van der Waals surface area contributed by atoms with Crippen molar-refractivity contribution in [3.05, 3.63) is 42.0 Å². The summed E-state index contributed by atoms with van der Waals surface area (Å²) >= 11 is 0. The molecule has 1 aliphatic rings. The Hall–Kier alpha value is -3.46. The van der Waals surface area contributed by atoms with E-state index in [-0.39, 0.29) is 13.3 Å². The molecule has 0 saturated heterocycles. The fraction of sp³-hybridized carbons (Fsp3) is 0.300. The van der Waals surface area contributed by atoms with Crippen LogP contribution in [0.1, 0.15) is 12.5 Å². The van der Waals surface area contributed by atoms with Gasteiger partial charge < -0.3 is 34.7 Å². The van der Waals surface area contributed by atoms with Gasteiger partial charge >= 0.3 is 11.8 Å². The first-order chi connectivity index (χ1) is 13.8. The maximum Gasteiger partial charge on any atom is 0.313 e. The molecule has 3 N–H and O–H groups in total. The summed E-state index contributed by atoms with van der Waals surface area (Å²) in [4.78, 5) is 24.4. The molecule has 9 nitrogen and oxygen atoms in total. The van der Waals surface area contributed by atoms with Crippen LogP contribution in [0.3, 0.4) is 0 Å². The van der Waals surface area contributed by atoms with E-state index in [9.17, 15) is 14.7 Å². The van der Waals surface area contributed by atoms with Crippen LogP contribution < -0.4 is 29.6 Å². The van der Waals surface area contributed by atoms with Gasteiger partial charge in [-0.05, 0) is 36.8 Å². The molecule has 0 bridgehead atoms. The number of aliphatic hydroxyl groups is 1. The Morgan fingerprint density at radius 3 is 2.55 bits per heavy atom. The maximum absolute atomic E-state index is 12.2. The molecule has 154 valence electrons. The van der Waals surface area contributed by atoms with Crippen molar-refractivity contribution in [1.29, 1.82) is 0 Å². The third kappa shape index (κ3) is 4.52. The molecular weight excluding hydrogens is 380 g/mol. The van der Waals surface area contributed by atoms with Crippen molar-refractivity contribution in [3.63, 3.8) is 0 Å². The van der Waals surface area contributed by atoms with Crippen LogP contribution in [0.15, 0.2) is 36.4 Å². The van der Waals surface area contributed by atoms with E-state index < -0.39 is 17.4 Å². The average molecular weight is 402 g/mol. The summed E-state index contributed by atoms with van der Waals surface area (Å²) in [5, 5.41) is 15.6. The van der Waals surface area contributed by atoms with Gasteiger partial charge in [-0.2, -0.15) is 0 Å². The normalized spacial score (nSPS) is 13.9. The van der Waals surface area contributed by atoms with Crippen LogP contribution in [0.25, 0.3) is 0 Å². The topological polar surface area (TPSA) is 115 Å². The molecule has 0 saturated carbocycles. The van der Waals surface area contributed by atoms with Gasteiger partial charge in [0.2, 0.25) is 6.79 Å². The molecule has 3 rings (SSSR count). The quantitative estimate of drug-likeness (QED) is 0.626. The molecule has 0 spiro atoms. The Kier molecular flexibility index (Phi) is 5.79. The summed E-state index contributed by atoms with van der Waals surface area (Å²) in [5.74, 6) is 0.195. The second kappa shape index (κ2) is 8.27. The number of carbonyl (C=O) groups is 2. The Bertz CT molecular complexity index is 927. The summed E-state index contributed by atoms with van der Waals surface area (Å²) in [6.45, 7) is 1.46. The van der Waals surface area contributed by atoms with E-state index in [1.807, 2.05) is 0 Å². The number of methoxy groups -OCH3 is 2. The fourth-order valence-electron chi connectivity index (χ4n) is 2.75. The highest BCUT2D eigenvalue weighted by molar-refractivity contribution is 6.39. The largest absolute Gasteiger partial charge is 0.497 e. The second-order valence-corrected chi connectivity index (χ2v) is 6.54. The predicted molar refractivity (Wildman–Crippen MR) is 103 cm³/mol. The smallest absolute Gasteiger partial charge is 0.313 e. The molecule has 1 unspecified atom stereocenters. The van der Waals surface area contributed by atoms with E-state index in [1.54, 1.807) is 36.4 Å². The maximum atomic E-state index is 12.2. The summed E-state index contributed by atoms with van der Waals surface area (Å²) < 4.78 is 20.8. The van der Waals surface area contributed by atoms with Crippen molar-refractivity contribution in [3.8, 4) is 23.0 Å². The number of fused-ring (bicyclic) bond motifs is 1. The van der Waals surface area contributed by atoms with Gasteiger partial charge in [-0.25, -0.2) is 0 Å². The average Bonchev–Trinajstić information content (AvgIpc) is 3.20. The molecule has 1 heterocycles. The molecule has 2 aromatic rings. The monoisotopic (exact) mass is 402 g/mol. The zero-order chi connectivity index (χ0) is 21.0. The molecular formula is C20H22N2O7. The van der Waals surface area contributed by atoms with E-state index in [0.29, 0.717) is 34.2 Å². The van der Waals surface area contributed by atoms with Crippen LogP contribution in [0.2, 0.25) is 0 Å². The highest BCUT2D eigenvalue weighted by Crippen LogP contribution is 2.35. The lowest BCUT2D eigenvalue weighted by Gasteiger charge is -2.24. The number of carbonyl (C=O) groups excluding carboxylic acids is 2. The summed E-state index contributed by atoms with van der Waals surface area (Å²) in [7, 11) is 2.94. The van der Waals surface area contributed by atoms with Crippen molar-refractivity contribution in [2.24, 2.45) is 0 Å².